The Bertz CT molecular complexity index is 817. The third-order valence-corrected chi connectivity index (χ3v) is 4.16. The highest BCUT2D eigenvalue weighted by Crippen LogP contribution is 2.39. The predicted molar refractivity (Wildman–Crippen MR) is 82.1 cm³/mol. The molecule has 1 heterocycles. The fourth-order valence-electron chi connectivity index (χ4n) is 3.17. The summed E-state index contributed by atoms with van der Waals surface area (Å²) in [5, 5.41) is 1.29. The Morgan fingerprint density at radius 3 is 2.85 bits per heavy atom. The molecule has 0 aliphatic heterocycles. The number of rotatable bonds is 1. The number of hydrogen-bond acceptors (Lipinski definition) is 2. The van der Waals surface area contributed by atoms with Crippen LogP contribution >= 0.6 is 0 Å². The van der Waals surface area contributed by atoms with Gasteiger partial charge in [-0.25, -0.2) is 0 Å². The summed E-state index contributed by atoms with van der Waals surface area (Å²) in [4.78, 5) is 3.53. The largest absolute Gasteiger partial charge is 0.497 e. The molecule has 2 aromatic carbocycles. The second kappa shape index (κ2) is 4.04. The van der Waals surface area contributed by atoms with Gasteiger partial charge in [0.2, 0.25) is 0 Å². The van der Waals surface area contributed by atoms with Crippen LogP contribution in [-0.4, -0.2) is 12.1 Å². The lowest BCUT2D eigenvalue weighted by Gasteiger charge is -2.17. The number of aromatic nitrogens is 1. The Labute approximate surface area is 117 Å². The Balaban J connectivity index is 1.98. The molecule has 1 aliphatic carbocycles. The fraction of sp³-hybridized carbons (Fsp3) is 0.176. The molecule has 1 aromatic heterocycles. The van der Waals surface area contributed by atoms with Crippen LogP contribution in [0.25, 0.3) is 22.2 Å². The van der Waals surface area contributed by atoms with E-state index in [1.54, 1.807) is 7.11 Å². The molecule has 4 rings (SSSR count). The van der Waals surface area contributed by atoms with Crippen molar-refractivity contribution in [2.75, 3.05) is 12.8 Å². The quantitative estimate of drug-likeness (QED) is 0.661. The highest BCUT2D eigenvalue weighted by atomic mass is 16.5. The number of anilines is 1. The number of nitrogens with one attached hydrogen (secondary N) is 1. The normalized spacial score (nSPS) is 13.1. The number of H-pyrrole nitrogens is 1. The molecular weight excluding hydrogens is 248 g/mol. The number of aryl methyl sites for hydroxylation is 2. The summed E-state index contributed by atoms with van der Waals surface area (Å²) in [7, 11) is 1.71. The van der Waals surface area contributed by atoms with Crippen LogP contribution in [0.15, 0.2) is 36.4 Å². The second-order valence-electron chi connectivity index (χ2n) is 5.31. The zero-order chi connectivity index (χ0) is 13.7. The number of hydrogen-bond donors (Lipinski definition) is 2. The summed E-state index contributed by atoms with van der Waals surface area (Å²) < 4.78 is 5.32. The summed E-state index contributed by atoms with van der Waals surface area (Å²) in [5.74, 6) is 0.924. The lowest BCUT2D eigenvalue weighted by molar-refractivity contribution is 0.414. The lowest BCUT2D eigenvalue weighted by atomic mass is 9.89. The Morgan fingerprint density at radius 2 is 2.00 bits per heavy atom. The van der Waals surface area contributed by atoms with Crippen molar-refractivity contribution < 1.29 is 4.74 Å². The molecule has 3 nitrogen and oxygen atoms in total. The van der Waals surface area contributed by atoms with Crippen LogP contribution in [0.2, 0.25) is 0 Å². The lowest BCUT2D eigenvalue weighted by Crippen LogP contribution is -2.03. The summed E-state index contributed by atoms with van der Waals surface area (Å²) >= 11 is 0. The molecule has 0 radical (unpaired) electrons. The van der Waals surface area contributed by atoms with Crippen molar-refractivity contribution in [1.29, 1.82) is 0 Å². The Kier molecular flexibility index (Phi) is 2.30. The van der Waals surface area contributed by atoms with Crippen LogP contribution in [0, 0.1) is 0 Å². The summed E-state index contributed by atoms with van der Waals surface area (Å²) in [5.41, 5.74) is 13.1. The first-order valence-corrected chi connectivity index (χ1v) is 6.83. The first-order valence-electron chi connectivity index (χ1n) is 6.83. The molecule has 3 heteroatoms. The SMILES string of the molecule is COc1ccc2c(c1)CCc1c-2[nH]c2cc(N)ccc12. The van der Waals surface area contributed by atoms with Gasteiger partial charge in [0.15, 0.2) is 0 Å². The van der Waals surface area contributed by atoms with E-state index in [1.165, 1.54) is 27.8 Å². The van der Waals surface area contributed by atoms with Gasteiger partial charge in [-0.3, -0.25) is 0 Å². The summed E-state index contributed by atoms with van der Waals surface area (Å²) in [6.45, 7) is 0. The van der Waals surface area contributed by atoms with E-state index < -0.39 is 0 Å². The van der Waals surface area contributed by atoms with Crippen LogP contribution in [-0.2, 0) is 12.8 Å². The van der Waals surface area contributed by atoms with Gasteiger partial charge in [0.1, 0.15) is 5.75 Å². The van der Waals surface area contributed by atoms with E-state index in [-0.39, 0.29) is 0 Å². The number of nitrogen functional groups attached to an aromatic ring is 1. The predicted octanol–water partition coefficient (Wildman–Crippen LogP) is 3.52. The zero-order valence-electron chi connectivity index (χ0n) is 11.4. The Hall–Kier alpha value is -2.42. The van der Waals surface area contributed by atoms with Gasteiger partial charge < -0.3 is 15.5 Å². The average Bonchev–Trinajstić information content (AvgIpc) is 2.84. The van der Waals surface area contributed by atoms with Gasteiger partial charge in [-0.05, 0) is 54.3 Å². The maximum absolute atomic E-state index is 5.88. The molecule has 0 unspecified atom stereocenters. The van der Waals surface area contributed by atoms with E-state index in [1.807, 2.05) is 18.2 Å². The van der Waals surface area contributed by atoms with Gasteiger partial charge in [0.05, 0.1) is 7.11 Å². The molecule has 0 amide bonds. The third kappa shape index (κ3) is 1.53. The molecule has 0 fully saturated rings. The second-order valence-corrected chi connectivity index (χ2v) is 5.31. The van der Waals surface area contributed by atoms with Crippen LogP contribution < -0.4 is 10.5 Å². The molecule has 1 aliphatic rings. The molecule has 0 spiro atoms. The minimum absolute atomic E-state index is 0.797. The van der Waals surface area contributed by atoms with Crippen LogP contribution in [0.3, 0.4) is 0 Å². The van der Waals surface area contributed by atoms with Gasteiger partial charge in [-0.2, -0.15) is 0 Å². The molecule has 0 atom stereocenters. The number of aromatic amines is 1. The van der Waals surface area contributed by atoms with Crippen molar-refractivity contribution in [3.8, 4) is 17.0 Å². The maximum atomic E-state index is 5.88. The minimum Gasteiger partial charge on any atom is -0.497 e. The molecule has 100 valence electrons. The van der Waals surface area contributed by atoms with E-state index in [2.05, 4.69) is 23.2 Å². The number of fused-ring (bicyclic) bond motifs is 5. The van der Waals surface area contributed by atoms with E-state index in [4.69, 9.17) is 10.5 Å². The van der Waals surface area contributed by atoms with Crippen LogP contribution in [0.5, 0.6) is 5.75 Å². The van der Waals surface area contributed by atoms with Gasteiger partial charge in [0.25, 0.3) is 0 Å². The first kappa shape index (κ1) is 11.4. The van der Waals surface area contributed by atoms with Crippen molar-refractivity contribution in [2.24, 2.45) is 0 Å². The topological polar surface area (TPSA) is 51.0 Å². The third-order valence-electron chi connectivity index (χ3n) is 4.16. The fourth-order valence-corrected chi connectivity index (χ4v) is 3.17. The zero-order valence-corrected chi connectivity index (χ0v) is 11.4. The van der Waals surface area contributed by atoms with Gasteiger partial charge in [0, 0.05) is 27.8 Å². The van der Waals surface area contributed by atoms with E-state index in [0.29, 0.717) is 0 Å². The molecule has 0 saturated heterocycles. The first-order chi connectivity index (χ1) is 9.76. The maximum Gasteiger partial charge on any atom is 0.119 e. The van der Waals surface area contributed by atoms with Crippen molar-refractivity contribution in [2.45, 2.75) is 12.8 Å². The summed E-state index contributed by atoms with van der Waals surface area (Å²) in [6.07, 6.45) is 2.11. The van der Waals surface area contributed by atoms with Gasteiger partial charge in [-0.1, -0.05) is 6.07 Å². The Morgan fingerprint density at radius 1 is 1.10 bits per heavy atom. The average molecular weight is 264 g/mol. The molecule has 3 aromatic rings. The van der Waals surface area contributed by atoms with Crippen LogP contribution in [0.4, 0.5) is 5.69 Å². The van der Waals surface area contributed by atoms with Crippen molar-refractivity contribution in [1.82, 2.24) is 4.98 Å². The number of ether oxygens (including phenoxy) is 1. The van der Waals surface area contributed by atoms with Gasteiger partial charge in [-0.15, -0.1) is 0 Å². The molecular formula is C17H16N2O. The van der Waals surface area contributed by atoms with Crippen molar-refractivity contribution >= 4 is 16.6 Å². The number of methoxy groups -OCH3 is 1. The smallest absolute Gasteiger partial charge is 0.119 e. The summed E-state index contributed by atoms with van der Waals surface area (Å²) in [6, 6.07) is 12.4. The highest BCUT2D eigenvalue weighted by Gasteiger charge is 2.20. The van der Waals surface area contributed by atoms with E-state index in [9.17, 15) is 0 Å². The van der Waals surface area contributed by atoms with Crippen molar-refractivity contribution in [3.63, 3.8) is 0 Å². The number of benzene rings is 2. The molecule has 3 N–H and O–H groups in total. The molecule has 0 saturated carbocycles. The monoisotopic (exact) mass is 264 g/mol. The van der Waals surface area contributed by atoms with E-state index in [0.717, 1.165) is 29.8 Å². The van der Waals surface area contributed by atoms with Crippen molar-refractivity contribution in [3.05, 3.63) is 47.5 Å². The number of nitrogens with two attached hydrogens (primary N) is 1. The van der Waals surface area contributed by atoms with E-state index >= 15 is 0 Å². The molecule has 20 heavy (non-hydrogen) atoms. The van der Waals surface area contributed by atoms with Gasteiger partial charge >= 0.3 is 0 Å². The standard InChI is InChI=1S/C17H16N2O/c1-20-12-4-7-13-10(8-12)2-5-15-14-6-3-11(18)9-16(14)19-17(13)15/h3-4,6-9,19H,2,5,18H2,1H3. The highest BCUT2D eigenvalue weighted by molar-refractivity contribution is 5.93. The molecule has 0 bridgehead atoms. The minimum atomic E-state index is 0.797. The van der Waals surface area contributed by atoms with Crippen LogP contribution in [0.1, 0.15) is 11.1 Å².